The van der Waals surface area contributed by atoms with Gasteiger partial charge >= 0.3 is 6.03 Å². The first-order valence-electron chi connectivity index (χ1n) is 6.59. The van der Waals surface area contributed by atoms with Crippen LogP contribution in [0.2, 0.25) is 0 Å². The van der Waals surface area contributed by atoms with Crippen molar-refractivity contribution in [2.24, 2.45) is 5.92 Å². The van der Waals surface area contributed by atoms with E-state index in [0.29, 0.717) is 10.4 Å². The molecule has 1 aromatic rings. The zero-order valence-corrected chi connectivity index (χ0v) is 12.5. The molecule has 1 aliphatic rings. The second-order valence-electron chi connectivity index (χ2n) is 5.09. The van der Waals surface area contributed by atoms with E-state index in [1.165, 1.54) is 12.5 Å². The van der Waals surface area contributed by atoms with Crippen molar-refractivity contribution in [3.8, 4) is 0 Å². The van der Waals surface area contributed by atoms with Crippen LogP contribution in [-0.4, -0.2) is 12.1 Å². The molecule has 3 nitrogen and oxygen atoms in total. The smallest absolute Gasteiger partial charge is 0.319 e. The quantitative estimate of drug-likeness (QED) is 0.835. The van der Waals surface area contributed by atoms with Gasteiger partial charge in [0.1, 0.15) is 5.82 Å². The number of rotatable bonds is 2. The Morgan fingerprint density at radius 3 is 2.79 bits per heavy atom. The van der Waals surface area contributed by atoms with E-state index in [-0.39, 0.29) is 17.8 Å². The van der Waals surface area contributed by atoms with Crippen LogP contribution in [-0.2, 0) is 0 Å². The number of nitrogens with one attached hydrogen (secondary N) is 2. The van der Waals surface area contributed by atoms with Crippen LogP contribution in [0, 0.1) is 11.7 Å². The number of carbonyl (C=O) groups excluding carboxylic acids is 1. The van der Waals surface area contributed by atoms with E-state index in [1.807, 2.05) is 0 Å². The molecule has 1 fully saturated rings. The number of amides is 2. The average molecular weight is 329 g/mol. The zero-order chi connectivity index (χ0) is 13.8. The van der Waals surface area contributed by atoms with Gasteiger partial charge in [0.05, 0.1) is 5.69 Å². The lowest BCUT2D eigenvalue weighted by Crippen LogP contribution is -2.43. The monoisotopic (exact) mass is 328 g/mol. The molecule has 19 heavy (non-hydrogen) atoms. The fraction of sp³-hybridized carbons (Fsp3) is 0.500. The summed E-state index contributed by atoms with van der Waals surface area (Å²) in [5.74, 6) is 0.0375. The lowest BCUT2D eigenvalue weighted by atomic mass is 9.86. The van der Waals surface area contributed by atoms with Crippen LogP contribution in [0.15, 0.2) is 22.7 Å². The molecule has 2 unspecified atom stereocenters. The number of hydrogen-bond donors (Lipinski definition) is 2. The van der Waals surface area contributed by atoms with Crippen LogP contribution in [0.5, 0.6) is 0 Å². The van der Waals surface area contributed by atoms with Crippen LogP contribution in [0.25, 0.3) is 0 Å². The molecular formula is C14H18BrFN2O. The summed E-state index contributed by atoms with van der Waals surface area (Å²) in [4.78, 5) is 11.9. The Kier molecular flexibility index (Phi) is 4.80. The Labute approximate surface area is 121 Å². The van der Waals surface area contributed by atoms with Crippen LogP contribution in [0.4, 0.5) is 14.9 Å². The molecule has 0 bridgehead atoms. The van der Waals surface area contributed by atoms with Crippen molar-refractivity contribution in [2.45, 2.75) is 38.6 Å². The summed E-state index contributed by atoms with van der Waals surface area (Å²) in [7, 11) is 0. The highest BCUT2D eigenvalue weighted by molar-refractivity contribution is 9.10. The topological polar surface area (TPSA) is 41.1 Å². The summed E-state index contributed by atoms with van der Waals surface area (Å²) in [6.07, 6.45) is 4.50. The first kappa shape index (κ1) is 14.3. The van der Waals surface area contributed by atoms with Gasteiger partial charge in [-0.25, -0.2) is 9.18 Å². The van der Waals surface area contributed by atoms with Gasteiger partial charge in [-0.05, 0) is 37.0 Å². The van der Waals surface area contributed by atoms with E-state index in [1.54, 1.807) is 12.1 Å². The normalized spacial score (nSPS) is 22.9. The van der Waals surface area contributed by atoms with Crippen molar-refractivity contribution in [2.75, 3.05) is 5.32 Å². The Balaban J connectivity index is 1.93. The fourth-order valence-corrected chi connectivity index (χ4v) is 2.78. The van der Waals surface area contributed by atoms with Crippen molar-refractivity contribution in [3.63, 3.8) is 0 Å². The van der Waals surface area contributed by atoms with Gasteiger partial charge in [-0.3, -0.25) is 0 Å². The highest BCUT2D eigenvalue weighted by atomic mass is 79.9. The van der Waals surface area contributed by atoms with Gasteiger partial charge in [-0.1, -0.05) is 35.7 Å². The number of anilines is 1. The third-order valence-electron chi connectivity index (χ3n) is 3.61. The largest absolute Gasteiger partial charge is 0.335 e. The fourth-order valence-electron chi connectivity index (χ4n) is 2.45. The van der Waals surface area contributed by atoms with Gasteiger partial charge in [0.25, 0.3) is 0 Å². The molecular weight excluding hydrogens is 311 g/mol. The van der Waals surface area contributed by atoms with Crippen molar-refractivity contribution in [3.05, 3.63) is 28.5 Å². The minimum atomic E-state index is -0.443. The third-order valence-corrected chi connectivity index (χ3v) is 4.10. The van der Waals surface area contributed by atoms with E-state index >= 15 is 0 Å². The molecule has 2 atom stereocenters. The van der Waals surface area contributed by atoms with Crippen LogP contribution in [0.1, 0.15) is 32.6 Å². The summed E-state index contributed by atoms with van der Waals surface area (Å²) < 4.78 is 14.2. The molecule has 0 radical (unpaired) electrons. The maximum Gasteiger partial charge on any atom is 0.319 e. The first-order chi connectivity index (χ1) is 9.06. The average Bonchev–Trinajstić information content (AvgIpc) is 2.36. The molecule has 0 heterocycles. The predicted octanol–water partition coefficient (Wildman–Crippen LogP) is 4.29. The number of benzene rings is 1. The molecule has 1 aromatic carbocycles. The summed E-state index contributed by atoms with van der Waals surface area (Å²) in [6, 6.07) is 4.43. The van der Waals surface area contributed by atoms with Gasteiger partial charge in [-0.2, -0.15) is 0 Å². The van der Waals surface area contributed by atoms with E-state index in [4.69, 9.17) is 0 Å². The maximum absolute atomic E-state index is 13.6. The number of carbonyl (C=O) groups is 1. The molecule has 0 spiro atoms. The minimum absolute atomic E-state index is 0.187. The molecule has 1 aliphatic carbocycles. The van der Waals surface area contributed by atoms with Gasteiger partial charge < -0.3 is 10.6 Å². The highest BCUT2D eigenvalue weighted by Crippen LogP contribution is 2.24. The first-order valence-corrected chi connectivity index (χ1v) is 7.38. The van der Waals surface area contributed by atoms with Crippen molar-refractivity contribution in [1.29, 1.82) is 0 Å². The molecule has 2 amide bonds. The number of urea groups is 1. The maximum atomic E-state index is 13.6. The number of halogens is 2. The lowest BCUT2D eigenvalue weighted by molar-refractivity contribution is 0.232. The zero-order valence-electron chi connectivity index (χ0n) is 10.9. The molecule has 0 saturated heterocycles. The van der Waals surface area contributed by atoms with Gasteiger partial charge in [0, 0.05) is 10.5 Å². The Morgan fingerprint density at radius 1 is 1.37 bits per heavy atom. The van der Waals surface area contributed by atoms with Gasteiger partial charge in [0.15, 0.2) is 0 Å². The number of hydrogen-bond acceptors (Lipinski definition) is 1. The Morgan fingerprint density at radius 2 is 2.11 bits per heavy atom. The van der Waals surface area contributed by atoms with E-state index in [0.717, 1.165) is 19.3 Å². The molecule has 0 aromatic heterocycles. The molecule has 0 aliphatic heterocycles. The van der Waals surface area contributed by atoms with Gasteiger partial charge in [0.2, 0.25) is 0 Å². The second-order valence-corrected chi connectivity index (χ2v) is 6.01. The summed E-state index contributed by atoms with van der Waals surface area (Å²) >= 11 is 3.18. The van der Waals surface area contributed by atoms with E-state index in [9.17, 15) is 9.18 Å². The molecule has 2 rings (SSSR count). The highest BCUT2D eigenvalue weighted by Gasteiger charge is 2.22. The Bertz CT molecular complexity index is 467. The summed E-state index contributed by atoms with van der Waals surface area (Å²) in [5, 5.41) is 5.49. The van der Waals surface area contributed by atoms with Crippen LogP contribution >= 0.6 is 15.9 Å². The van der Waals surface area contributed by atoms with Gasteiger partial charge in [-0.15, -0.1) is 0 Å². The van der Waals surface area contributed by atoms with Crippen molar-refractivity contribution < 1.29 is 9.18 Å². The van der Waals surface area contributed by atoms with Crippen LogP contribution in [0.3, 0.4) is 0 Å². The lowest BCUT2D eigenvalue weighted by Gasteiger charge is -2.29. The summed E-state index contributed by atoms with van der Waals surface area (Å²) in [5.41, 5.74) is 0.198. The SMILES string of the molecule is CC1CCCCC1NC(=O)Nc1ccc(Br)cc1F. The second kappa shape index (κ2) is 6.37. The minimum Gasteiger partial charge on any atom is -0.335 e. The van der Waals surface area contributed by atoms with E-state index < -0.39 is 5.82 Å². The third kappa shape index (κ3) is 3.93. The summed E-state index contributed by atoms with van der Waals surface area (Å²) in [6.45, 7) is 2.14. The predicted molar refractivity (Wildman–Crippen MR) is 77.7 cm³/mol. The van der Waals surface area contributed by atoms with Crippen LogP contribution < -0.4 is 10.6 Å². The molecule has 5 heteroatoms. The molecule has 1 saturated carbocycles. The molecule has 104 valence electrons. The standard InChI is InChI=1S/C14H18BrFN2O/c1-9-4-2-3-5-12(9)17-14(19)18-13-7-6-10(15)8-11(13)16/h6-9,12H,2-5H2,1H3,(H2,17,18,19). The van der Waals surface area contributed by atoms with E-state index in [2.05, 4.69) is 33.5 Å². The van der Waals surface area contributed by atoms with Crippen molar-refractivity contribution in [1.82, 2.24) is 5.32 Å². The Hall–Kier alpha value is -1.10. The van der Waals surface area contributed by atoms with Crippen molar-refractivity contribution >= 4 is 27.6 Å². The molecule has 2 N–H and O–H groups in total.